The maximum Gasteiger partial charge on any atom is 0.0481 e. The van der Waals surface area contributed by atoms with Crippen molar-refractivity contribution in [2.75, 3.05) is 6.54 Å². The molecule has 0 saturated carbocycles. The average molecular weight is 260 g/mol. The van der Waals surface area contributed by atoms with Gasteiger partial charge in [0.05, 0.1) is 0 Å². The molecule has 19 heavy (non-hydrogen) atoms. The largest absolute Gasteiger partial charge is 0.314 e. The molecular weight excluding hydrogens is 232 g/mol. The van der Waals surface area contributed by atoms with Crippen LogP contribution in [0.5, 0.6) is 0 Å². The molecule has 2 atom stereocenters. The number of aromatic nitrogens is 1. The molecular formula is C17H28N2. The Morgan fingerprint density at radius 2 is 2.21 bits per heavy atom. The summed E-state index contributed by atoms with van der Waals surface area (Å²) in [6, 6.07) is 4.94. The molecule has 0 bridgehead atoms. The lowest BCUT2D eigenvalue weighted by Gasteiger charge is -2.32. The van der Waals surface area contributed by atoms with Gasteiger partial charge < -0.3 is 5.32 Å². The maximum absolute atomic E-state index is 4.69. The van der Waals surface area contributed by atoms with Gasteiger partial charge in [0.2, 0.25) is 0 Å². The highest BCUT2D eigenvalue weighted by atomic mass is 14.9. The number of nitrogens with one attached hydrogen (secondary N) is 1. The predicted octanol–water partition coefficient (Wildman–Crippen LogP) is 3.92. The van der Waals surface area contributed by atoms with Gasteiger partial charge in [0.25, 0.3) is 0 Å². The number of nitrogens with zero attached hydrogens (tertiary/aromatic N) is 1. The van der Waals surface area contributed by atoms with E-state index in [0.29, 0.717) is 12.0 Å². The van der Waals surface area contributed by atoms with Crippen LogP contribution in [0.1, 0.15) is 63.6 Å². The van der Waals surface area contributed by atoms with Gasteiger partial charge in [-0.3, -0.25) is 4.98 Å². The maximum atomic E-state index is 4.69. The molecule has 0 fully saturated rings. The minimum Gasteiger partial charge on any atom is -0.314 e. The molecule has 0 saturated heterocycles. The topological polar surface area (TPSA) is 24.9 Å². The molecule has 2 nitrogen and oxygen atoms in total. The SMILES string of the molecule is CCNC(CCC(C)C)C1CCCc2cccnc21. The Kier molecular flexibility index (Phi) is 5.38. The molecule has 0 aliphatic heterocycles. The highest BCUT2D eigenvalue weighted by Gasteiger charge is 2.28. The zero-order valence-electron chi connectivity index (χ0n) is 12.7. The number of pyridine rings is 1. The third kappa shape index (κ3) is 3.79. The fourth-order valence-electron chi connectivity index (χ4n) is 3.26. The van der Waals surface area contributed by atoms with Crippen molar-refractivity contribution in [2.45, 2.75) is 64.8 Å². The lowest BCUT2D eigenvalue weighted by molar-refractivity contribution is 0.349. The van der Waals surface area contributed by atoms with E-state index in [4.69, 9.17) is 4.98 Å². The van der Waals surface area contributed by atoms with E-state index in [1.807, 2.05) is 6.20 Å². The number of hydrogen-bond donors (Lipinski definition) is 1. The fourth-order valence-corrected chi connectivity index (χ4v) is 3.26. The molecule has 0 aromatic carbocycles. The number of fused-ring (bicyclic) bond motifs is 1. The monoisotopic (exact) mass is 260 g/mol. The summed E-state index contributed by atoms with van der Waals surface area (Å²) in [6.45, 7) is 7.90. The number of likely N-dealkylation sites (N-methyl/N-ethyl adjacent to an activating group) is 1. The van der Waals surface area contributed by atoms with Gasteiger partial charge in [0, 0.05) is 23.9 Å². The Hall–Kier alpha value is -0.890. The van der Waals surface area contributed by atoms with Gasteiger partial charge in [-0.1, -0.05) is 26.8 Å². The Balaban J connectivity index is 2.13. The Labute approximate surface area is 118 Å². The molecule has 1 heterocycles. The average Bonchev–Trinajstić information content (AvgIpc) is 2.43. The molecule has 0 radical (unpaired) electrons. The first-order valence-corrected chi connectivity index (χ1v) is 7.89. The van der Waals surface area contributed by atoms with Crippen LogP contribution in [0.25, 0.3) is 0 Å². The summed E-state index contributed by atoms with van der Waals surface area (Å²) in [5.74, 6) is 1.40. The van der Waals surface area contributed by atoms with E-state index in [2.05, 4.69) is 38.2 Å². The van der Waals surface area contributed by atoms with Crippen molar-refractivity contribution < 1.29 is 0 Å². The number of hydrogen-bond acceptors (Lipinski definition) is 2. The van der Waals surface area contributed by atoms with Crippen molar-refractivity contribution >= 4 is 0 Å². The molecule has 1 aliphatic rings. The summed E-state index contributed by atoms with van der Waals surface area (Å²) in [5, 5.41) is 3.71. The zero-order chi connectivity index (χ0) is 13.7. The lowest BCUT2D eigenvalue weighted by atomic mass is 9.80. The summed E-state index contributed by atoms with van der Waals surface area (Å²) in [7, 11) is 0. The van der Waals surface area contributed by atoms with E-state index in [0.717, 1.165) is 12.5 Å². The molecule has 1 aliphatic carbocycles. The molecule has 2 unspecified atom stereocenters. The smallest absolute Gasteiger partial charge is 0.0481 e. The standard InChI is InChI=1S/C17H28N2/c1-4-18-16(11-10-13(2)3)15-9-5-7-14-8-6-12-19-17(14)15/h6,8,12-13,15-16,18H,4-5,7,9-11H2,1-3H3. The van der Waals surface area contributed by atoms with Gasteiger partial charge in [0.15, 0.2) is 0 Å². The molecule has 1 N–H and O–H groups in total. The van der Waals surface area contributed by atoms with Gasteiger partial charge in [-0.25, -0.2) is 0 Å². The lowest BCUT2D eigenvalue weighted by Crippen LogP contribution is -2.37. The van der Waals surface area contributed by atoms with Crippen LogP contribution in [0.15, 0.2) is 18.3 Å². The predicted molar refractivity (Wildman–Crippen MR) is 81.5 cm³/mol. The summed E-state index contributed by atoms with van der Waals surface area (Å²) >= 11 is 0. The molecule has 106 valence electrons. The van der Waals surface area contributed by atoms with Gasteiger partial charge in [-0.15, -0.1) is 0 Å². The minimum absolute atomic E-state index is 0.598. The highest BCUT2D eigenvalue weighted by Crippen LogP contribution is 2.34. The number of rotatable bonds is 6. The van der Waals surface area contributed by atoms with Gasteiger partial charge in [-0.2, -0.15) is 0 Å². The van der Waals surface area contributed by atoms with Crippen molar-refractivity contribution in [3.05, 3.63) is 29.6 Å². The van der Waals surface area contributed by atoms with Crippen LogP contribution in [0, 0.1) is 5.92 Å². The van der Waals surface area contributed by atoms with E-state index in [1.54, 1.807) is 0 Å². The molecule has 1 aromatic heterocycles. The van der Waals surface area contributed by atoms with Crippen molar-refractivity contribution in [1.29, 1.82) is 0 Å². The van der Waals surface area contributed by atoms with Gasteiger partial charge >= 0.3 is 0 Å². The minimum atomic E-state index is 0.598. The third-order valence-corrected chi connectivity index (χ3v) is 4.25. The molecule has 0 spiro atoms. The Morgan fingerprint density at radius 1 is 1.37 bits per heavy atom. The first-order chi connectivity index (χ1) is 9.22. The van der Waals surface area contributed by atoms with Crippen LogP contribution in [0.4, 0.5) is 0 Å². The summed E-state index contributed by atoms with van der Waals surface area (Å²) in [5.41, 5.74) is 2.84. The molecule has 0 amide bonds. The molecule has 2 rings (SSSR count). The van der Waals surface area contributed by atoms with E-state index in [9.17, 15) is 0 Å². The first-order valence-electron chi connectivity index (χ1n) is 7.89. The van der Waals surface area contributed by atoms with Crippen LogP contribution >= 0.6 is 0 Å². The summed E-state index contributed by atoms with van der Waals surface area (Å²) in [4.78, 5) is 4.69. The van der Waals surface area contributed by atoms with Crippen molar-refractivity contribution in [3.8, 4) is 0 Å². The normalized spacial score (nSPS) is 20.3. The summed E-state index contributed by atoms with van der Waals surface area (Å²) < 4.78 is 0. The Morgan fingerprint density at radius 3 is 2.95 bits per heavy atom. The van der Waals surface area contributed by atoms with Crippen LogP contribution in [0.2, 0.25) is 0 Å². The van der Waals surface area contributed by atoms with E-state index < -0.39 is 0 Å². The van der Waals surface area contributed by atoms with Crippen LogP contribution < -0.4 is 5.32 Å². The van der Waals surface area contributed by atoms with E-state index in [1.165, 1.54) is 43.4 Å². The summed E-state index contributed by atoms with van der Waals surface area (Å²) in [6.07, 6.45) is 8.35. The molecule has 1 aromatic rings. The van der Waals surface area contributed by atoms with Gasteiger partial charge in [-0.05, 0) is 56.2 Å². The van der Waals surface area contributed by atoms with Crippen molar-refractivity contribution in [3.63, 3.8) is 0 Å². The van der Waals surface area contributed by atoms with Gasteiger partial charge in [0.1, 0.15) is 0 Å². The first kappa shape index (κ1) is 14.5. The zero-order valence-corrected chi connectivity index (χ0v) is 12.7. The second-order valence-corrected chi connectivity index (χ2v) is 6.18. The van der Waals surface area contributed by atoms with Crippen molar-refractivity contribution in [1.82, 2.24) is 10.3 Å². The fraction of sp³-hybridized carbons (Fsp3) is 0.706. The van der Waals surface area contributed by atoms with E-state index >= 15 is 0 Å². The van der Waals surface area contributed by atoms with E-state index in [-0.39, 0.29) is 0 Å². The van der Waals surface area contributed by atoms with Crippen LogP contribution in [0.3, 0.4) is 0 Å². The third-order valence-electron chi connectivity index (χ3n) is 4.25. The molecule has 2 heteroatoms. The van der Waals surface area contributed by atoms with Crippen LogP contribution in [-0.4, -0.2) is 17.6 Å². The quantitative estimate of drug-likeness (QED) is 0.838. The second kappa shape index (κ2) is 7.04. The van der Waals surface area contributed by atoms with Crippen LogP contribution in [-0.2, 0) is 6.42 Å². The van der Waals surface area contributed by atoms with Crippen molar-refractivity contribution in [2.24, 2.45) is 5.92 Å². The number of aryl methyl sites for hydroxylation is 1. The highest BCUT2D eigenvalue weighted by molar-refractivity contribution is 5.27. The Bertz CT molecular complexity index is 387. The second-order valence-electron chi connectivity index (χ2n) is 6.18.